The van der Waals surface area contributed by atoms with E-state index in [9.17, 15) is 8.42 Å². The van der Waals surface area contributed by atoms with E-state index in [2.05, 4.69) is 28.2 Å². The summed E-state index contributed by atoms with van der Waals surface area (Å²) in [5.41, 5.74) is 3.72. The van der Waals surface area contributed by atoms with Gasteiger partial charge in [0.15, 0.2) is 0 Å². The molecule has 2 aliphatic rings. The van der Waals surface area contributed by atoms with Crippen LogP contribution < -0.4 is 19.5 Å². The van der Waals surface area contributed by atoms with Crippen LogP contribution in [0, 0.1) is 0 Å². The van der Waals surface area contributed by atoms with Crippen LogP contribution in [0.25, 0.3) is 0 Å². The molecule has 2 N–H and O–H groups in total. The monoisotopic (exact) mass is 528 g/mol. The van der Waals surface area contributed by atoms with Gasteiger partial charge in [-0.3, -0.25) is 0 Å². The molecule has 0 bridgehead atoms. The molecule has 2 aromatic rings. The number of nitrogens with one attached hydrogen (secondary N) is 2. The maximum Gasteiger partial charge on any atom is 0.211 e. The van der Waals surface area contributed by atoms with Crippen LogP contribution in [0.2, 0.25) is 5.02 Å². The summed E-state index contributed by atoms with van der Waals surface area (Å²) < 4.78 is 37.9. The predicted octanol–water partition coefficient (Wildman–Crippen LogP) is 4.79. The fourth-order valence-electron chi connectivity index (χ4n) is 5.17. The quantitative estimate of drug-likeness (QED) is 0.433. The van der Waals surface area contributed by atoms with Crippen molar-refractivity contribution in [1.82, 2.24) is 10.0 Å². The highest BCUT2D eigenvalue weighted by Gasteiger charge is 2.49. The molecule has 0 radical (unpaired) electrons. The Bertz CT molecular complexity index is 1090. The lowest BCUT2D eigenvalue weighted by atomic mass is 9.57. The Kier molecular flexibility index (Phi) is 9.15. The molecule has 1 unspecified atom stereocenters. The van der Waals surface area contributed by atoms with E-state index in [4.69, 9.17) is 21.1 Å². The van der Waals surface area contributed by atoms with E-state index in [-0.39, 0.29) is 42.8 Å². The van der Waals surface area contributed by atoms with Crippen molar-refractivity contribution in [3.63, 3.8) is 0 Å². The minimum absolute atomic E-state index is 0. The second-order valence-electron chi connectivity index (χ2n) is 8.91. The Hall–Kier alpha value is -1.51. The summed E-state index contributed by atoms with van der Waals surface area (Å²) in [6.07, 6.45) is 4.89. The Morgan fingerprint density at radius 3 is 2.68 bits per heavy atom. The van der Waals surface area contributed by atoms with Crippen molar-refractivity contribution in [2.24, 2.45) is 0 Å². The molecule has 0 saturated heterocycles. The maximum absolute atomic E-state index is 11.8. The van der Waals surface area contributed by atoms with Crippen LogP contribution in [-0.4, -0.2) is 41.0 Å². The van der Waals surface area contributed by atoms with Crippen LogP contribution in [-0.2, 0) is 21.9 Å². The summed E-state index contributed by atoms with van der Waals surface area (Å²) in [5, 5.41) is 4.45. The molecule has 1 heterocycles. The Morgan fingerprint density at radius 2 is 2.00 bits per heavy atom. The number of hydrogen-bond acceptors (Lipinski definition) is 5. The number of rotatable bonds is 10. The van der Waals surface area contributed by atoms with Gasteiger partial charge in [0.25, 0.3) is 0 Å². The summed E-state index contributed by atoms with van der Waals surface area (Å²) in [4.78, 5) is 0. The summed E-state index contributed by atoms with van der Waals surface area (Å²) in [6.45, 7) is 3.32. The van der Waals surface area contributed by atoms with Crippen LogP contribution in [0.1, 0.15) is 55.3 Å². The van der Waals surface area contributed by atoms with Crippen molar-refractivity contribution >= 4 is 34.0 Å². The standard InChI is InChI=1S/C25H33ClN2O4S.ClH/c1-3-15-33(29,30)28-13-14-32-20-7-5-18-9-12-27-24(21(18)17-20)25(10-4-11-25)22-8-6-19(26)16-23(22)31-2;/h5-8,16-17,24,27-28H,3-4,9-15H2,1-2H3;1H. The van der Waals surface area contributed by atoms with Gasteiger partial charge in [-0.1, -0.05) is 37.1 Å². The average Bonchev–Trinajstić information content (AvgIpc) is 2.77. The van der Waals surface area contributed by atoms with E-state index in [1.807, 2.05) is 25.1 Å². The van der Waals surface area contributed by atoms with Gasteiger partial charge in [0, 0.05) is 28.6 Å². The fraction of sp³-hybridized carbons (Fsp3) is 0.520. The lowest BCUT2D eigenvalue weighted by Gasteiger charge is -2.51. The minimum atomic E-state index is -3.23. The highest BCUT2D eigenvalue weighted by atomic mass is 35.5. The Balaban J connectivity index is 0.00000324. The summed E-state index contributed by atoms with van der Waals surface area (Å²) in [6, 6.07) is 12.4. The van der Waals surface area contributed by atoms with Gasteiger partial charge in [-0.15, -0.1) is 12.4 Å². The summed E-state index contributed by atoms with van der Waals surface area (Å²) in [7, 11) is -1.53. The third-order valence-electron chi connectivity index (χ3n) is 6.84. The average molecular weight is 530 g/mol. The highest BCUT2D eigenvalue weighted by Crippen LogP contribution is 2.56. The maximum atomic E-state index is 11.8. The first-order valence-corrected chi connectivity index (χ1v) is 13.7. The second-order valence-corrected chi connectivity index (χ2v) is 11.3. The van der Waals surface area contributed by atoms with Gasteiger partial charge in [0.1, 0.15) is 18.1 Å². The molecule has 0 amide bonds. The Labute approximate surface area is 214 Å². The molecule has 34 heavy (non-hydrogen) atoms. The molecule has 1 aliphatic heterocycles. The number of methoxy groups -OCH3 is 1. The largest absolute Gasteiger partial charge is 0.496 e. The SMILES string of the molecule is CCCS(=O)(=O)NCCOc1ccc2c(c1)C(C1(c3ccc(Cl)cc3OC)CCC1)NCC2.Cl. The van der Waals surface area contributed by atoms with Crippen LogP contribution in [0.5, 0.6) is 11.5 Å². The van der Waals surface area contributed by atoms with E-state index in [1.54, 1.807) is 7.11 Å². The zero-order valence-electron chi connectivity index (χ0n) is 19.7. The number of benzene rings is 2. The molecule has 9 heteroatoms. The van der Waals surface area contributed by atoms with Crippen LogP contribution in [0.4, 0.5) is 0 Å². The third-order valence-corrected chi connectivity index (χ3v) is 8.66. The van der Waals surface area contributed by atoms with Crippen molar-refractivity contribution in [3.05, 3.63) is 58.1 Å². The van der Waals surface area contributed by atoms with Crippen molar-refractivity contribution in [2.45, 2.75) is 50.5 Å². The number of ether oxygens (including phenoxy) is 2. The number of sulfonamides is 1. The Morgan fingerprint density at radius 1 is 1.21 bits per heavy atom. The first kappa shape index (κ1) is 27.1. The molecule has 0 aromatic heterocycles. The third kappa shape index (κ3) is 5.65. The number of hydrogen-bond donors (Lipinski definition) is 2. The lowest BCUT2D eigenvalue weighted by molar-refractivity contribution is 0.159. The van der Waals surface area contributed by atoms with Gasteiger partial charge in [0.05, 0.1) is 12.9 Å². The van der Waals surface area contributed by atoms with Crippen molar-refractivity contribution in [1.29, 1.82) is 0 Å². The van der Waals surface area contributed by atoms with E-state index < -0.39 is 10.0 Å². The van der Waals surface area contributed by atoms with Gasteiger partial charge in [-0.25, -0.2) is 13.1 Å². The van der Waals surface area contributed by atoms with Gasteiger partial charge < -0.3 is 14.8 Å². The molecule has 1 aliphatic carbocycles. The van der Waals surface area contributed by atoms with Crippen molar-refractivity contribution in [2.75, 3.05) is 32.6 Å². The molecule has 0 spiro atoms. The van der Waals surface area contributed by atoms with Gasteiger partial charge in [-0.2, -0.15) is 0 Å². The topological polar surface area (TPSA) is 76.7 Å². The van der Waals surface area contributed by atoms with E-state index >= 15 is 0 Å². The highest BCUT2D eigenvalue weighted by molar-refractivity contribution is 7.89. The first-order valence-electron chi connectivity index (χ1n) is 11.7. The van der Waals surface area contributed by atoms with Crippen molar-refractivity contribution < 1.29 is 17.9 Å². The second kappa shape index (κ2) is 11.5. The van der Waals surface area contributed by atoms with E-state index in [0.29, 0.717) is 11.4 Å². The molecular weight excluding hydrogens is 495 g/mol. The van der Waals surface area contributed by atoms with Crippen LogP contribution >= 0.6 is 24.0 Å². The number of fused-ring (bicyclic) bond motifs is 1. The zero-order chi connectivity index (χ0) is 23.5. The normalized spacial score (nSPS) is 18.9. The molecule has 6 nitrogen and oxygen atoms in total. The lowest BCUT2D eigenvalue weighted by Crippen LogP contribution is -2.49. The first-order chi connectivity index (χ1) is 15.9. The fourth-order valence-corrected chi connectivity index (χ4v) is 6.41. The minimum Gasteiger partial charge on any atom is -0.496 e. The molecule has 1 fully saturated rings. The molecular formula is C25H34Cl2N2O4S. The smallest absolute Gasteiger partial charge is 0.211 e. The predicted molar refractivity (Wildman–Crippen MR) is 139 cm³/mol. The van der Waals surface area contributed by atoms with Crippen molar-refractivity contribution in [3.8, 4) is 11.5 Å². The summed E-state index contributed by atoms with van der Waals surface area (Å²) >= 11 is 6.25. The molecule has 1 atom stereocenters. The van der Waals surface area contributed by atoms with Crippen LogP contribution in [0.3, 0.4) is 0 Å². The molecule has 4 rings (SSSR count). The summed E-state index contributed by atoms with van der Waals surface area (Å²) in [5.74, 6) is 1.73. The molecule has 2 aromatic carbocycles. The van der Waals surface area contributed by atoms with E-state index in [0.717, 1.165) is 37.3 Å². The molecule has 1 saturated carbocycles. The van der Waals surface area contributed by atoms with Crippen LogP contribution in [0.15, 0.2) is 36.4 Å². The van der Waals surface area contributed by atoms with Gasteiger partial charge in [-0.05, 0) is 67.6 Å². The zero-order valence-corrected chi connectivity index (χ0v) is 22.1. The van der Waals surface area contributed by atoms with Gasteiger partial charge in [0.2, 0.25) is 10.0 Å². The molecule has 188 valence electrons. The van der Waals surface area contributed by atoms with E-state index in [1.165, 1.54) is 23.1 Å². The number of halogens is 2. The van der Waals surface area contributed by atoms with Gasteiger partial charge >= 0.3 is 0 Å².